The average molecular weight is 421 g/mol. The first-order valence-corrected chi connectivity index (χ1v) is 11.9. The Labute approximate surface area is 171 Å². The van der Waals surface area contributed by atoms with Crippen LogP contribution >= 0.6 is 0 Å². The van der Waals surface area contributed by atoms with Gasteiger partial charge >= 0.3 is 5.97 Å². The zero-order valence-electron chi connectivity index (χ0n) is 16.5. The van der Waals surface area contributed by atoms with Gasteiger partial charge in [0.15, 0.2) is 6.61 Å². The van der Waals surface area contributed by atoms with Gasteiger partial charge in [0.1, 0.15) is 0 Å². The quantitative estimate of drug-likeness (QED) is 0.685. The molecule has 2 bridgehead atoms. The zero-order valence-corrected chi connectivity index (χ0v) is 17.3. The molecule has 4 rings (SSSR count). The molecule has 0 unspecified atom stereocenters. The van der Waals surface area contributed by atoms with Crippen molar-refractivity contribution >= 4 is 27.6 Å². The monoisotopic (exact) mass is 420 g/mol. The van der Waals surface area contributed by atoms with E-state index in [-0.39, 0.29) is 17.5 Å². The fourth-order valence-electron chi connectivity index (χ4n) is 5.03. The van der Waals surface area contributed by atoms with Crippen molar-refractivity contribution in [3.05, 3.63) is 24.3 Å². The number of fused-ring (bicyclic) bond motifs is 2. The molecule has 1 aliphatic heterocycles. The van der Waals surface area contributed by atoms with Gasteiger partial charge in [-0.2, -0.15) is 4.31 Å². The number of benzene rings is 1. The van der Waals surface area contributed by atoms with Crippen molar-refractivity contribution < 1.29 is 22.7 Å². The Balaban J connectivity index is 1.23. The van der Waals surface area contributed by atoms with E-state index in [2.05, 4.69) is 5.32 Å². The summed E-state index contributed by atoms with van der Waals surface area (Å²) in [6.07, 6.45) is 7.02. The highest BCUT2D eigenvalue weighted by molar-refractivity contribution is 7.89. The van der Waals surface area contributed by atoms with Crippen LogP contribution in [0.4, 0.5) is 5.69 Å². The largest absolute Gasteiger partial charge is 0.456 e. The Hall–Kier alpha value is -1.93. The van der Waals surface area contributed by atoms with E-state index in [0.717, 1.165) is 25.2 Å². The maximum Gasteiger partial charge on any atom is 0.306 e. The number of nitrogens with zero attached hydrogens (tertiary/aromatic N) is 1. The second-order valence-electron chi connectivity index (χ2n) is 8.48. The smallest absolute Gasteiger partial charge is 0.306 e. The van der Waals surface area contributed by atoms with Gasteiger partial charge in [0.05, 0.1) is 4.90 Å². The van der Waals surface area contributed by atoms with Crippen molar-refractivity contribution in [1.82, 2.24) is 4.31 Å². The second-order valence-corrected chi connectivity index (χ2v) is 10.4. The number of hydrogen-bond acceptors (Lipinski definition) is 5. The Bertz CT molecular complexity index is 862. The van der Waals surface area contributed by atoms with Crippen LogP contribution in [-0.2, 0) is 24.3 Å². The lowest BCUT2D eigenvalue weighted by molar-refractivity contribution is -0.148. The molecule has 1 aromatic rings. The molecule has 3 aliphatic rings. The van der Waals surface area contributed by atoms with E-state index in [0.29, 0.717) is 37.0 Å². The van der Waals surface area contributed by atoms with Gasteiger partial charge in [-0.15, -0.1) is 0 Å². The minimum Gasteiger partial charge on any atom is -0.456 e. The molecular formula is C21H28N2O5S. The van der Waals surface area contributed by atoms with Crippen molar-refractivity contribution in [3.8, 4) is 0 Å². The predicted molar refractivity (Wildman–Crippen MR) is 108 cm³/mol. The molecule has 29 heavy (non-hydrogen) atoms. The molecular weight excluding hydrogens is 392 g/mol. The van der Waals surface area contributed by atoms with E-state index >= 15 is 0 Å². The molecule has 8 heteroatoms. The zero-order chi connectivity index (χ0) is 20.4. The fourth-order valence-corrected chi connectivity index (χ4v) is 6.55. The number of sulfonamides is 1. The standard InChI is InChI=1S/C21H28N2O5S/c24-20(14-28-21(25)13-17-12-15-3-4-16(17)11-15)22-18-5-7-19(8-6-18)29(26,27)23-9-1-2-10-23/h5-8,15-17H,1-4,9-14H2,(H,22,24)/t15-,16-,17+/m1/s1. The predicted octanol–water partition coefficient (Wildman–Crippen LogP) is 2.78. The maximum absolute atomic E-state index is 12.5. The van der Waals surface area contributed by atoms with Gasteiger partial charge in [0.2, 0.25) is 10.0 Å². The minimum absolute atomic E-state index is 0.217. The van der Waals surface area contributed by atoms with Crippen molar-refractivity contribution in [2.75, 3.05) is 25.0 Å². The Morgan fingerprint density at radius 1 is 1.07 bits per heavy atom. The van der Waals surface area contributed by atoms with E-state index in [9.17, 15) is 18.0 Å². The van der Waals surface area contributed by atoms with Gasteiger partial charge in [0.25, 0.3) is 5.91 Å². The summed E-state index contributed by atoms with van der Waals surface area (Å²) in [4.78, 5) is 24.3. The molecule has 0 spiro atoms. The minimum atomic E-state index is -3.47. The van der Waals surface area contributed by atoms with Gasteiger partial charge in [0, 0.05) is 25.2 Å². The first kappa shape index (κ1) is 20.3. The number of ether oxygens (including phenoxy) is 1. The summed E-state index contributed by atoms with van der Waals surface area (Å²) < 4.78 is 31.7. The highest BCUT2D eigenvalue weighted by Crippen LogP contribution is 2.49. The van der Waals surface area contributed by atoms with Crippen LogP contribution in [-0.4, -0.2) is 44.3 Å². The van der Waals surface area contributed by atoms with E-state index in [1.165, 1.54) is 35.7 Å². The molecule has 3 fully saturated rings. The lowest BCUT2D eigenvalue weighted by Gasteiger charge is -2.20. The van der Waals surface area contributed by atoms with Gasteiger partial charge in [-0.1, -0.05) is 6.42 Å². The molecule has 1 saturated heterocycles. The number of nitrogens with one attached hydrogen (secondary N) is 1. The summed E-state index contributed by atoms with van der Waals surface area (Å²) in [6.45, 7) is 0.774. The van der Waals surface area contributed by atoms with Crippen molar-refractivity contribution in [3.63, 3.8) is 0 Å². The normalized spacial score (nSPS) is 26.6. The number of amides is 1. The molecule has 1 heterocycles. The summed E-state index contributed by atoms with van der Waals surface area (Å²) in [5, 5.41) is 2.64. The number of hydrogen-bond donors (Lipinski definition) is 1. The van der Waals surface area contributed by atoms with Crippen LogP contribution in [0.1, 0.15) is 44.9 Å². The number of carbonyl (C=O) groups excluding carboxylic acids is 2. The fraction of sp³-hybridized carbons (Fsp3) is 0.619. The number of anilines is 1. The molecule has 2 saturated carbocycles. The third-order valence-electron chi connectivity index (χ3n) is 6.52. The van der Waals surface area contributed by atoms with Crippen LogP contribution in [0, 0.1) is 17.8 Å². The van der Waals surface area contributed by atoms with Crippen LogP contribution in [0.3, 0.4) is 0 Å². The second kappa shape index (κ2) is 8.44. The average Bonchev–Trinajstić information content (AvgIpc) is 3.45. The topological polar surface area (TPSA) is 92.8 Å². The van der Waals surface area contributed by atoms with Crippen molar-refractivity contribution in [1.29, 1.82) is 0 Å². The lowest BCUT2D eigenvalue weighted by atomic mass is 9.86. The summed E-state index contributed by atoms with van der Waals surface area (Å²) in [7, 11) is -3.47. The molecule has 0 aromatic heterocycles. The molecule has 1 amide bonds. The lowest BCUT2D eigenvalue weighted by Crippen LogP contribution is -2.27. The van der Waals surface area contributed by atoms with Crippen LogP contribution in [0.25, 0.3) is 0 Å². The Morgan fingerprint density at radius 3 is 2.41 bits per heavy atom. The van der Waals surface area contributed by atoms with E-state index in [1.54, 1.807) is 12.1 Å². The highest BCUT2D eigenvalue weighted by atomic mass is 32.2. The van der Waals surface area contributed by atoms with Crippen LogP contribution in [0.15, 0.2) is 29.2 Å². The van der Waals surface area contributed by atoms with Gasteiger partial charge < -0.3 is 10.1 Å². The highest BCUT2D eigenvalue weighted by Gasteiger charge is 2.40. The molecule has 1 aromatic carbocycles. The first-order chi connectivity index (χ1) is 13.9. The summed E-state index contributed by atoms with van der Waals surface area (Å²) >= 11 is 0. The summed E-state index contributed by atoms with van der Waals surface area (Å²) in [5.74, 6) is 1.09. The van der Waals surface area contributed by atoms with E-state index < -0.39 is 15.9 Å². The molecule has 158 valence electrons. The van der Waals surface area contributed by atoms with Crippen LogP contribution < -0.4 is 5.32 Å². The maximum atomic E-state index is 12.5. The Morgan fingerprint density at radius 2 is 1.79 bits per heavy atom. The van der Waals surface area contributed by atoms with Gasteiger partial charge in [-0.3, -0.25) is 9.59 Å². The van der Waals surface area contributed by atoms with Crippen molar-refractivity contribution in [2.24, 2.45) is 17.8 Å². The summed E-state index contributed by atoms with van der Waals surface area (Å²) in [5.41, 5.74) is 0.472. The number of carbonyl (C=O) groups is 2. The molecule has 3 atom stereocenters. The third-order valence-corrected chi connectivity index (χ3v) is 8.43. The molecule has 7 nitrogen and oxygen atoms in total. The van der Waals surface area contributed by atoms with Gasteiger partial charge in [-0.05, 0) is 74.1 Å². The third kappa shape index (κ3) is 4.64. The van der Waals surface area contributed by atoms with Gasteiger partial charge in [-0.25, -0.2) is 8.42 Å². The Kier molecular flexibility index (Phi) is 5.92. The molecule has 0 radical (unpaired) electrons. The van der Waals surface area contributed by atoms with Crippen LogP contribution in [0.5, 0.6) is 0 Å². The van der Waals surface area contributed by atoms with E-state index in [1.807, 2.05) is 0 Å². The molecule has 2 aliphatic carbocycles. The number of rotatable bonds is 7. The number of esters is 1. The van der Waals surface area contributed by atoms with Crippen molar-refractivity contribution in [2.45, 2.75) is 49.8 Å². The SMILES string of the molecule is O=C(COC(=O)C[C@@H]1C[C@@H]2CC[C@@H]1C2)Nc1ccc(S(=O)(=O)N2CCCC2)cc1. The first-order valence-electron chi connectivity index (χ1n) is 10.5. The summed E-state index contributed by atoms with van der Waals surface area (Å²) in [6, 6.07) is 6.09. The van der Waals surface area contributed by atoms with Crippen LogP contribution in [0.2, 0.25) is 0 Å². The van der Waals surface area contributed by atoms with E-state index in [4.69, 9.17) is 4.74 Å². The molecule has 1 N–H and O–H groups in total.